The van der Waals surface area contributed by atoms with E-state index in [1.807, 2.05) is 0 Å². The molecular weight excluding hydrogens is 244 g/mol. The molecule has 0 aliphatic heterocycles. The molecule has 7 heteroatoms. The van der Waals surface area contributed by atoms with Gasteiger partial charge in [-0.25, -0.2) is 13.8 Å². The van der Waals surface area contributed by atoms with Crippen molar-refractivity contribution >= 4 is 17.6 Å². The van der Waals surface area contributed by atoms with Crippen molar-refractivity contribution in [2.24, 2.45) is 0 Å². The molecule has 1 heterocycles. The van der Waals surface area contributed by atoms with E-state index in [4.69, 9.17) is 11.6 Å². The van der Waals surface area contributed by atoms with Crippen molar-refractivity contribution in [1.82, 2.24) is 4.98 Å². The molecule has 88 valence electrons. The zero-order valence-electron chi connectivity index (χ0n) is 8.21. The van der Waals surface area contributed by atoms with Gasteiger partial charge in [0.25, 0.3) is 6.43 Å². The normalized spacial score (nSPS) is 10.6. The quantitative estimate of drug-likeness (QED) is 0.660. The van der Waals surface area contributed by atoms with E-state index in [0.717, 1.165) is 13.3 Å². The number of methoxy groups -OCH3 is 1. The summed E-state index contributed by atoms with van der Waals surface area (Å²) in [6.45, 7) is 0. The van der Waals surface area contributed by atoms with E-state index >= 15 is 0 Å². The van der Waals surface area contributed by atoms with E-state index < -0.39 is 30.1 Å². The van der Waals surface area contributed by atoms with Crippen LogP contribution < -0.4 is 0 Å². The Morgan fingerprint density at radius 3 is 2.81 bits per heavy atom. The maximum absolute atomic E-state index is 12.6. The molecule has 0 atom stereocenters. The summed E-state index contributed by atoms with van der Waals surface area (Å²) < 4.78 is 29.6. The Bertz CT molecular complexity index is 412. The monoisotopic (exact) mass is 251 g/mol. The van der Waals surface area contributed by atoms with Crippen molar-refractivity contribution in [2.75, 3.05) is 7.11 Å². The van der Waals surface area contributed by atoms with Gasteiger partial charge < -0.3 is 9.84 Å². The number of rotatable bonds is 3. The number of nitrogens with zero attached hydrogens (tertiary/aromatic N) is 1. The van der Waals surface area contributed by atoms with E-state index in [-0.39, 0.29) is 10.7 Å². The number of ether oxygens (including phenoxy) is 1. The second-order valence-corrected chi connectivity index (χ2v) is 3.24. The van der Waals surface area contributed by atoms with Crippen molar-refractivity contribution in [3.63, 3.8) is 0 Å². The first-order valence-electron chi connectivity index (χ1n) is 4.18. The summed E-state index contributed by atoms with van der Waals surface area (Å²) in [6.07, 6.45) is -2.60. The summed E-state index contributed by atoms with van der Waals surface area (Å²) in [5.41, 5.74) is -0.908. The van der Waals surface area contributed by atoms with Gasteiger partial charge in [0, 0.05) is 5.56 Å². The predicted octanol–water partition coefficient (Wildman–Crippen LogP) is 2.09. The number of hydrogen-bond acceptors (Lipinski definition) is 4. The van der Waals surface area contributed by atoms with Gasteiger partial charge in [0.15, 0.2) is 0 Å². The number of carbonyl (C=O) groups is 1. The van der Waals surface area contributed by atoms with Crippen LogP contribution >= 0.6 is 11.6 Å². The summed E-state index contributed by atoms with van der Waals surface area (Å²) in [5, 5.41) is 8.97. The first kappa shape index (κ1) is 12.6. The van der Waals surface area contributed by atoms with Gasteiger partial charge in [-0.1, -0.05) is 11.6 Å². The van der Waals surface area contributed by atoms with Crippen LogP contribution in [-0.4, -0.2) is 23.2 Å². The van der Waals surface area contributed by atoms with Gasteiger partial charge >= 0.3 is 5.97 Å². The molecule has 16 heavy (non-hydrogen) atoms. The van der Waals surface area contributed by atoms with Gasteiger partial charge in [-0.05, 0) is 0 Å². The van der Waals surface area contributed by atoms with Gasteiger partial charge in [0.1, 0.15) is 10.9 Å². The average Bonchev–Trinajstić information content (AvgIpc) is 2.22. The molecule has 0 amide bonds. The van der Waals surface area contributed by atoms with E-state index in [2.05, 4.69) is 9.72 Å². The molecule has 1 rings (SSSR count). The first-order chi connectivity index (χ1) is 7.47. The SMILES string of the molecule is COC(=O)Cc1c(Cl)ncc(O)c1C(F)F. The fourth-order valence-corrected chi connectivity index (χ4v) is 1.38. The zero-order valence-corrected chi connectivity index (χ0v) is 8.96. The van der Waals surface area contributed by atoms with Crippen LogP contribution in [0.2, 0.25) is 5.15 Å². The Hall–Kier alpha value is -1.43. The minimum Gasteiger partial charge on any atom is -0.506 e. The maximum Gasteiger partial charge on any atom is 0.310 e. The van der Waals surface area contributed by atoms with Crippen molar-refractivity contribution in [2.45, 2.75) is 12.8 Å². The van der Waals surface area contributed by atoms with Crippen molar-refractivity contribution in [3.8, 4) is 5.75 Å². The Kier molecular flexibility index (Phi) is 4.00. The molecule has 0 spiro atoms. The fraction of sp³-hybridized carbons (Fsp3) is 0.333. The second-order valence-electron chi connectivity index (χ2n) is 2.88. The number of alkyl halides is 2. The molecule has 0 fully saturated rings. The molecule has 0 saturated heterocycles. The van der Waals surface area contributed by atoms with Crippen molar-refractivity contribution in [3.05, 3.63) is 22.5 Å². The first-order valence-corrected chi connectivity index (χ1v) is 4.56. The molecule has 0 saturated carbocycles. The molecular formula is C9H8ClF2NO3. The van der Waals surface area contributed by atoms with E-state index in [1.54, 1.807) is 0 Å². The Morgan fingerprint density at radius 1 is 1.69 bits per heavy atom. The highest BCUT2D eigenvalue weighted by molar-refractivity contribution is 6.30. The number of aromatic hydroxyl groups is 1. The minimum atomic E-state index is -2.94. The predicted molar refractivity (Wildman–Crippen MR) is 51.6 cm³/mol. The Labute approximate surface area is 94.8 Å². The smallest absolute Gasteiger partial charge is 0.310 e. The largest absolute Gasteiger partial charge is 0.506 e. The standard InChI is InChI=1S/C9H8ClF2NO3/c1-16-6(15)2-4-7(9(11)12)5(14)3-13-8(4)10/h3,9,14H,2H2,1H3. The van der Waals surface area contributed by atoms with Gasteiger partial charge in [0.2, 0.25) is 0 Å². The third-order valence-corrected chi connectivity index (χ3v) is 2.24. The zero-order chi connectivity index (χ0) is 12.3. The van der Waals surface area contributed by atoms with Gasteiger partial charge in [-0.2, -0.15) is 0 Å². The van der Waals surface area contributed by atoms with Crippen molar-refractivity contribution in [1.29, 1.82) is 0 Å². The van der Waals surface area contributed by atoms with Crippen LogP contribution in [0.5, 0.6) is 5.75 Å². The molecule has 1 aromatic heterocycles. The lowest BCUT2D eigenvalue weighted by molar-refractivity contribution is -0.139. The molecule has 0 radical (unpaired) electrons. The Morgan fingerprint density at radius 2 is 2.31 bits per heavy atom. The number of carbonyl (C=O) groups excluding carboxylic acids is 1. The lowest BCUT2D eigenvalue weighted by atomic mass is 10.1. The van der Waals surface area contributed by atoms with Crippen LogP contribution in [0.3, 0.4) is 0 Å². The van der Waals surface area contributed by atoms with Gasteiger partial charge in [-0.15, -0.1) is 0 Å². The van der Waals surface area contributed by atoms with Gasteiger partial charge in [0.05, 0.1) is 25.3 Å². The summed E-state index contributed by atoms with van der Waals surface area (Å²) >= 11 is 5.58. The highest BCUT2D eigenvalue weighted by Gasteiger charge is 2.23. The highest BCUT2D eigenvalue weighted by atomic mass is 35.5. The lowest BCUT2D eigenvalue weighted by Crippen LogP contribution is -2.09. The molecule has 4 nitrogen and oxygen atoms in total. The Balaban J connectivity index is 3.23. The minimum absolute atomic E-state index is 0.219. The summed E-state index contributed by atoms with van der Waals surface area (Å²) in [5.74, 6) is -1.44. The molecule has 1 aromatic rings. The lowest BCUT2D eigenvalue weighted by Gasteiger charge is -2.10. The van der Waals surface area contributed by atoms with Crippen LogP contribution in [-0.2, 0) is 16.0 Å². The fourth-order valence-electron chi connectivity index (χ4n) is 1.16. The summed E-state index contributed by atoms with van der Waals surface area (Å²) in [7, 11) is 1.12. The molecule has 0 aliphatic rings. The molecule has 0 unspecified atom stereocenters. The number of esters is 1. The second kappa shape index (κ2) is 5.07. The van der Waals surface area contributed by atoms with Crippen LogP contribution in [0, 0.1) is 0 Å². The molecule has 0 bridgehead atoms. The third kappa shape index (κ3) is 2.57. The number of hydrogen-bond donors (Lipinski definition) is 1. The maximum atomic E-state index is 12.6. The molecule has 0 aliphatic carbocycles. The van der Waals surface area contributed by atoms with E-state index in [0.29, 0.717) is 0 Å². The van der Waals surface area contributed by atoms with Crippen molar-refractivity contribution < 1.29 is 23.4 Å². The number of halogens is 3. The molecule has 0 aromatic carbocycles. The topological polar surface area (TPSA) is 59.4 Å². The van der Waals surface area contributed by atoms with Crippen LogP contribution in [0.25, 0.3) is 0 Å². The number of pyridine rings is 1. The number of aromatic nitrogens is 1. The highest BCUT2D eigenvalue weighted by Crippen LogP contribution is 2.34. The van der Waals surface area contributed by atoms with Crippen LogP contribution in [0.15, 0.2) is 6.20 Å². The average molecular weight is 252 g/mol. The third-order valence-electron chi connectivity index (χ3n) is 1.92. The summed E-state index contributed by atoms with van der Waals surface area (Å²) in [6, 6.07) is 0. The van der Waals surface area contributed by atoms with E-state index in [9.17, 15) is 18.7 Å². The molecule has 1 N–H and O–H groups in total. The van der Waals surface area contributed by atoms with E-state index in [1.165, 1.54) is 0 Å². The van der Waals surface area contributed by atoms with Crippen LogP contribution in [0.1, 0.15) is 17.6 Å². The van der Waals surface area contributed by atoms with Crippen LogP contribution in [0.4, 0.5) is 8.78 Å². The van der Waals surface area contributed by atoms with Gasteiger partial charge in [-0.3, -0.25) is 4.79 Å². The summed E-state index contributed by atoms with van der Waals surface area (Å²) in [4.78, 5) is 14.5.